The first-order valence-electron chi connectivity index (χ1n) is 9.38. The Bertz CT molecular complexity index is 1140. The van der Waals surface area contributed by atoms with E-state index >= 15 is 0 Å². The fraction of sp³-hybridized carbons (Fsp3) is 0.0870. The quantitative estimate of drug-likeness (QED) is 0.475. The highest BCUT2D eigenvalue weighted by Crippen LogP contribution is 2.31. The van der Waals surface area contributed by atoms with Crippen molar-refractivity contribution >= 4 is 39.1 Å². The molecule has 2 amide bonds. The van der Waals surface area contributed by atoms with Gasteiger partial charge in [0.25, 0.3) is 5.91 Å². The molecule has 0 spiro atoms. The lowest BCUT2D eigenvalue weighted by Gasteiger charge is -2.09. The zero-order chi connectivity index (χ0) is 20.8. The smallest absolute Gasteiger partial charge is 0.258 e. The van der Waals surface area contributed by atoms with Crippen LogP contribution >= 0.6 is 11.3 Å². The van der Waals surface area contributed by atoms with E-state index < -0.39 is 0 Å². The summed E-state index contributed by atoms with van der Waals surface area (Å²) in [5.41, 5.74) is 2.52. The van der Waals surface area contributed by atoms with Crippen molar-refractivity contribution in [1.82, 2.24) is 10.3 Å². The molecule has 0 fully saturated rings. The number of anilines is 1. The molecule has 0 aliphatic heterocycles. The summed E-state index contributed by atoms with van der Waals surface area (Å²) in [6, 6.07) is 24.5. The van der Waals surface area contributed by atoms with Crippen LogP contribution in [-0.2, 0) is 9.59 Å². The van der Waals surface area contributed by atoms with E-state index in [-0.39, 0.29) is 25.0 Å². The first kappa shape index (κ1) is 19.6. The van der Waals surface area contributed by atoms with Gasteiger partial charge < -0.3 is 15.4 Å². The topological polar surface area (TPSA) is 80.3 Å². The number of nitrogens with zero attached hydrogens (tertiary/aromatic N) is 1. The van der Waals surface area contributed by atoms with Crippen LogP contribution in [0.2, 0.25) is 0 Å². The van der Waals surface area contributed by atoms with Gasteiger partial charge in [-0.2, -0.15) is 0 Å². The average molecular weight is 417 g/mol. The van der Waals surface area contributed by atoms with E-state index in [0.717, 1.165) is 20.8 Å². The molecule has 0 saturated carbocycles. The van der Waals surface area contributed by atoms with E-state index in [2.05, 4.69) is 15.6 Å². The molecule has 0 radical (unpaired) electrons. The molecule has 1 aromatic heterocycles. The number of nitrogens with one attached hydrogen (secondary N) is 2. The van der Waals surface area contributed by atoms with Crippen LogP contribution in [0, 0.1) is 0 Å². The zero-order valence-electron chi connectivity index (χ0n) is 16.0. The van der Waals surface area contributed by atoms with Crippen LogP contribution in [-0.4, -0.2) is 29.9 Å². The molecule has 30 heavy (non-hydrogen) atoms. The first-order chi connectivity index (χ1) is 14.7. The summed E-state index contributed by atoms with van der Waals surface area (Å²) >= 11 is 1.60. The van der Waals surface area contributed by atoms with Crippen LogP contribution < -0.4 is 15.4 Å². The summed E-state index contributed by atoms with van der Waals surface area (Å²) < 4.78 is 6.47. The molecule has 0 aliphatic rings. The highest BCUT2D eigenvalue weighted by atomic mass is 32.1. The molecule has 1 heterocycles. The second kappa shape index (κ2) is 9.19. The minimum atomic E-state index is -0.364. The molecule has 4 rings (SSSR count). The maximum absolute atomic E-state index is 12.2. The number of carbonyl (C=O) groups is 2. The van der Waals surface area contributed by atoms with E-state index in [4.69, 9.17) is 4.74 Å². The molecule has 0 unspecified atom stereocenters. The Morgan fingerprint density at radius 2 is 1.70 bits per heavy atom. The number of ether oxygens (including phenoxy) is 1. The van der Waals surface area contributed by atoms with Crippen LogP contribution in [0.5, 0.6) is 5.75 Å². The van der Waals surface area contributed by atoms with Gasteiger partial charge in [0.05, 0.1) is 16.8 Å². The summed E-state index contributed by atoms with van der Waals surface area (Å²) in [5.74, 6) is -0.0782. The van der Waals surface area contributed by atoms with Crippen LogP contribution in [0.4, 0.5) is 5.69 Å². The first-order valence-corrected chi connectivity index (χ1v) is 10.2. The Morgan fingerprint density at radius 3 is 2.53 bits per heavy atom. The molecule has 0 saturated heterocycles. The van der Waals surface area contributed by atoms with Gasteiger partial charge in [-0.3, -0.25) is 9.59 Å². The fourth-order valence-corrected chi connectivity index (χ4v) is 3.79. The average Bonchev–Trinajstić information content (AvgIpc) is 3.22. The van der Waals surface area contributed by atoms with Crippen LogP contribution in [0.25, 0.3) is 20.8 Å². The van der Waals surface area contributed by atoms with E-state index in [1.807, 2.05) is 60.7 Å². The predicted molar refractivity (Wildman–Crippen MR) is 119 cm³/mol. The Balaban J connectivity index is 1.31. The molecule has 7 heteroatoms. The summed E-state index contributed by atoms with van der Waals surface area (Å²) in [7, 11) is 0. The molecule has 2 N–H and O–H groups in total. The van der Waals surface area contributed by atoms with Gasteiger partial charge in [-0.1, -0.05) is 42.5 Å². The molecule has 150 valence electrons. The second-order valence-electron chi connectivity index (χ2n) is 6.49. The van der Waals surface area contributed by atoms with Gasteiger partial charge in [0.15, 0.2) is 6.61 Å². The van der Waals surface area contributed by atoms with Crippen molar-refractivity contribution in [3.63, 3.8) is 0 Å². The number of hydrogen-bond donors (Lipinski definition) is 2. The number of hydrogen-bond acceptors (Lipinski definition) is 5. The molecule has 0 atom stereocenters. The number of fused-ring (bicyclic) bond motifs is 1. The van der Waals surface area contributed by atoms with Crippen molar-refractivity contribution in [3.8, 4) is 16.3 Å². The molecule has 3 aromatic carbocycles. The molecule has 0 bridgehead atoms. The van der Waals surface area contributed by atoms with Gasteiger partial charge in [-0.25, -0.2) is 4.98 Å². The molecular formula is C23H19N3O3S. The largest absolute Gasteiger partial charge is 0.484 e. The van der Waals surface area contributed by atoms with Crippen LogP contribution in [0.1, 0.15) is 0 Å². The Labute approximate surface area is 177 Å². The number of benzene rings is 3. The number of amides is 2. The van der Waals surface area contributed by atoms with E-state index in [1.165, 1.54) is 0 Å². The number of para-hydroxylation sites is 2. The lowest BCUT2D eigenvalue weighted by molar-refractivity contribution is -0.125. The number of aromatic nitrogens is 1. The SMILES string of the molecule is O=C(COc1ccccc1)NCC(=O)Nc1cccc(-c2nc3ccccc3s2)c1. The maximum atomic E-state index is 12.2. The van der Waals surface area contributed by atoms with Crippen LogP contribution in [0.3, 0.4) is 0 Å². The molecule has 6 nitrogen and oxygen atoms in total. The van der Waals surface area contributed by atoms with Crippen molar-refractivity contribution in [2.24, 2.45) is 0 Å². The molecular weight excluding hydrogens is 398 g/mol. The minimum absolute atomic E-state index is 0.137. The normalized spacial score (nSPS) is 10.5. The van der Waals surface area contributed by atoms with Gasteiger partial charge >= 0.3 is 0 Å². The number of carbonyl (C=O) groups excluding carboxylic acids is 2. The van der Waals surface area contributed by atoms with Crippen molar-refractivity contribution in [2.45, 2.75) is 0 Å². The summed E-state index contributed by atoms with van der Waals surface area (Å²) in [6.45, 7) is -0.285. The van der Waals surface area contributed by atoms with Crippen molar-refractivity contribution < 1.29 is 14.3 Å². The van der Waals surface area contributed by atoms with Crippen molar-refractivity contribution in [2.75, 3.05) is 18.5 Å². The lowest BCUT2D eigenvalue weighted by Crippen LogP contribution is -2.35. The molecule has 4 aromatic rings. The summed E-state index contributed by atoms with van der Waals surface area (Å²) in [4.78, 5) is 28.7. The zero-order valence-corrected chi connectivity index (χ0v) is 16.8. The second-order valence-corrected chi connectivity index (χ2v) is 7.52. The standard InChI is InChI=1S/C23H19N3O3S/c27-21(14-24-22(28)15-29-18-9-2-1-3-10-18)25-17-8-6-7-16(13-17)23-26-19-11-4-5-12-20(19)30-23/h1-13H,14-15H2,(H,24,28)(H,25,27). The highest BCUT2D eigenvalue weighted by Gasteiger charge is 2.09. The fourth-order valence-electron chi connectivity index (χ4n) is 2.83. The van der Waals surface area contributed by atoms with E-state index in [1.54, 1.807) is 29.5 Å². The summed E-state index contributed by atoms with van der Waals surface area (Å²) in [6.07, 6.45) is 0. The Hall–Kier alpha value is -3.71. The number of rotatable bonds is 7. The van der Waals surface area contributed by atoms with E-state index in [0.29, 0.717) is 11.4 Å². The third kappa shape index (κ3) is 5.01. The van der Waals surface area contributed by atoms with Gasteiger partial charge in [0.2, 0.25) is 5.91 Å². The van der Waals surface area contributed by atoms with Gasteiger partial charge in [-0.05, 0) is 36.4 Å². The van der Waals surface area contributed by atoms with Crippen molar-refractivity contribution in [3.05, 3.63) is 78.9 Å². The third-order valence-corrected chi connectivity index (χ3v) is 5.33. The van der Waals surface area contributed by atoms with Gasteiger partial charge in [-0.15, -0.1) is 11.3 Å². The van der Waals surface area contributed by atoms with Gasteiger partial charge in [0.1, 0.15) is 10.8 Å². The minimum Gasteiger partial charge on any atom is -0.484 e. The third-order valence-electron chi connectivity index (χ3n) is 4.25. The predicted octanol–water partition coefficient (Wildman–Crippen LogP) is 4.10. The van der Waals surface area contributed by atoms with Gasteiger partial charge in [0, 0.05) is 11.3 Å². The monoisotopic (exact) mass is 417 g/mol. The lowest BCUT2D eigenvalue weighted by atomic mass is 10.2. The summed E-state index contributed by atoms with van der Waals surface area (Å²) in [5, 5.41) is 6.24. The number of thiazole rings is 1. The maximum Gasteiger partial charge on any atom is 0.258 e. The Morgan fingerprint density at radius 1 is 0.900 bits per heavy atom. The van der Waals surface area contributed by atoms with Crippen LogP contribution in [0.15, 0.2) is 78.9 Å². The molecule has 0 aliphatic carbocycles. The highest BCUT2D eigenvalue weighted by molar-refractivity contribution is 7.21. The van der Waals surface area contributed by atoms with E-state index in [9.17, 15) is 9.59 Å². The van der Waals surface area contributed by atoms with Crippen molar-refractivity contribution in [1.29, 1.82) is 0 Å². The Kier molecular flexibility index (Phi) is 6.01.